The number of aliphatic hydroxyl groups is 1. The molecule has 24 heavy (non-hydrogen) atoms. The normalized spacial score (nSPS) is 21.0. The summed E-state index contributed by atoms with van der Waals surface area (Å²) < 4.78 is 13.9. The number of benzene rings is 2. The first-order chi connectivity index (χ1) is 11.4. The summed E-state index contributed by atoms with van der Waals surface area (Å²) in [5.74, 6) is -1.26. The van der Waals surface area contributed by atoms with Crippen molar-refractivity contribution in [2.75, 3.05) is 13.1 Å². The highest BCUT2D eigenvalue weighted by Crippen LogP contribution is 2.28. The van der Waals surface area contributed by atoms with Crippen molar-refractivity contribution in [1.29, 1.82) is 0 Å². The monoisotopic (exact) mass is 330 g/mol. The number of piperidine rings is 1. The van der Waals surface area contributed by atoms with Gasteiger partial charge in [0.25, 0.3) is 5.91 Å². The molecule has 1 saturated heterocycles. The summed E-state index contributed by atoms with van der Waals surface area (Å²) in [6.07, 6.45) is 0.819. The summed E-state index contributed by atoms with van der Waals surface area (Å²) in [7, 11) is 0. The number of fused-ring (bicyclic) bond motifs is 1. The molecule has 0 radical (unpaired) electrons. The number of primary amides is 1. The first-order valence-electron chi connectivity index (χ1n) is 7.87. The van der Waals surface area contributed by atoms with E-state index >= 15 is 0 Å². The number of β-amino-alcohol motifs (C(OH)–C–C–N with tert-alkyl or cyclic N) is 1. The van der Waals surface area contributed by atoms with Crippen LogP contribution in [-0.4, -0.2) is 40.5 Å². The molecule has 5 nitrogen and oxygen atoms in total. The molecule has 1 heterocycles. The van der Waals surface area contributed by atoms with Gasteiger partial charge in [0.2, 0.25) is 5.91 Å². The van der Waals surface area contributed by atoms with Crippen LogP contribution < -0.4 is 5.73 Å². The SMILES string of the molecule is NC(=O)CC1(O)CCCN(C(=O)c2ccc(F)c3ccccc23)C1. The Hall–Kier alpha value is -2.47. The van der Waals surface area contributed by atoms with E-state index in [1.54, 1.807) is 24.3 Å². The minimum atomic E-state index is -1.30. The van der Waals surface area contributed by atoms with E-state index in [4.69, 9.17) is 5.73 Å². The zero-order valence-corrected chi connectivity index (χ0v) is 13.2. The molecule has 2 aromatic rings. The molecule has 1 aliphatic rings. The van der Waals surface area contributed by atoms with Crippen LogP contribution in [0.25, 0.3) is 10.8 Å². The number of carbonyl (C=O) groups is 2. The molecular formula is C18H19FN2O3. The third-order valence-electron chi connectivity index (χ3n) is 4.45. The quantitative estimate of drug-likeness (QED) is 0.900. The summed E-state index contributed by atoms with van der Waals surface area (Å²) >= 11 is 0. The van der Waals surface area contributed by atoms with Crippen LogP contribution in [0.2, 0.25) is 0 Å². The fourth-order valence-electron chi connectivity index (χ4n) is 3.37. The van der Waals surface area contributed by atoms with E-state index in [9.17, 15) is 19.1 Å². The number of likely N-dealkylation sites (tertiary alicyclic amines) is 1. The van der Waals surface area contributed by atoms with E-state index < -0.39 is 11.5 Å². The molecule has 6 heteroatoms. The van der Waals surface area contributed by atoms with Crippen LogP contribution in [0.4, 0.5) is 4.39 Å². The van der Waals surface area contributed by atoms with Crippen molar-refractivity contribution >= 4 is 22.6 Å². The van der Waals surface area contributed by atoms with Gasteiger partial charge in [-0.25, -0.2) is 4.39 Å². The number of nitrogens with zero attached hydrogens (tertiary/aromatic N) is 1. The molecule has 3 N–H and O–H groups in total. The maximum absolute atomic E-state index is 13.9. The van der Waals surface area contributed by atoms with Crippen LogP contribution in [0.3, 0.4) is 0 Å². The minimum absolute atomic E-state index is 0.0421. The Labute approximate surface area is 138 Å². The van der Waals surface area contributed by atoms with Gasteiger partial charge in [-0.1, -0.05) is 24.3 Å². The zero-order chi connectivity index (χ0) is 17.3. The van der Waals surface area contributed by atoms with Crippen LogP contribution in [0.15, 0.2) is 36.4 Å². The Balaban J connectivity index is 1.92. The second-order valence-corrected chi connectivity index (χ2v) is 6.34. The van der Waals surface area contributed by atoms with Gasteiger partial charge < -0.3 is 15.7 Å². The van der Waals surface area contributed by atoms with Gasteiger partial charge >= 0.3 is 0 Å². The molecule has 0 spiro atoms. The second-order valence-electron chi connectivity index (χ2n) is 6.34. The Morgan fingerprint density at radius 3 is 2.62 bits per heavy atom. The van der Waals surface area contributed by atoms with Crippen molar-refractivity contribution in [1.82, 2.24) is 4.90 Å². The predicted molar refractivity (Wildman–Crippen MR) is 87.8 cm³/mol. The molecule has 1 unspecified atom stereocenters. The predicted octanol–water partition coefficient (Wildman–Crippen LogP) is 1.82. The van der Waals surface area contributed by atoms with Crippen molar-refractivity contribution in [2.45, 2.75) is 24.9 Å². The van der Waals surface area contributed by atoms with E-state index in [1.165, 1.54) is 17.0 Å². The first kappa shape index (κ1) is 16.4. The molecule has 0 saturated carbocycles. The molecule has 1 atom stereocenters. The van der Waals surface area contributed by atoms with Crippen LogP contribution in [0.1, 0.15) is 29.6 Å². The van der Waals surface area contributed by atoms with Gasteiger partial charge in [-0.15, -0.1) is 0 Å². The summed E-state index contributed by atoms with van der Waals surface area (Å²) in [6.45, 7) is 0.520. The number of halogens is 1. The summed E-state index contributed by atoms with van der Waals surface area (Å²) in [4.78, 5) is 25.5. The lowest BCUT2D eigenvalue weighted by Crippen LogP contribution is -2.51. The highest BCUT2D eigenvalue weighted by atomic mass is 19.1. The molecule has 2 aromatic carbocycles. The van der Waals surface area contributed by atoms with Crippen LogP contribution in [0, 0.1) is 5.82 Å². The fraction of sp³-hybridized carbons (Fsp3) is 0.333. The first-order valence-corrected chi connectivity index (χ1v) is 7.87. The summed E-state index contributed by atoms with van der Waals surface area (Å²) in [6, 6.07) is 9.52. The smallest absolute Gasteiger partial charge is 0.254 e. The standard InChI is InChI=1S/C18H19FN2O3/c19-15-7-6-14(12-4-1-2-5-13(12)15)17(23)21-9-3-8-18(24,11-21)10-16(20)22/h1-2,4-7,24H,3,8-11H2,(H2,20,22). The molecule has 1 aliphatic heterocycles. The van der Waals surface area contributed by atoms with Crippen molar-refractivity contribution in [3.8, 4) is 0 Å². The third kappa shape index (κ3) is 3.10. The van der Waals surface area contributed by atoms with Crippen molar-refractivity contribution in [3.63, 3.8) is 0 Å². The van der Waals surface area contributed by atoms with E-state index in [-0.39, 0.29) is 24.7 Å². The number of carbonyl (C=O) groups excluding carboxylic acids is 2. The third-order valence-corrected chi connectivity index (χ3v) is 4.45. The molecule has 0 bridgehead atoms. The van der Waals surface area contributed by atoms with E-state index in [0.29, 0.717) is 35.7 Å². The molecule has 2 amide bonds. The lowest BCUT2D eigenvalue weighted by atomic mass is 9.89. The maximum atomic E-state index is 13.9. The van der Waals surface area contributed by atoms with E-state index in [2.05, 4.69) is 0 Å². The van der Waals surface area contributed by atoms with Crippen molar-refractivity contribution in [2.24, 2.45) is 5.73 Å². The summed E-state index contributed by atoms with van der Waals surface area (Å²) in [5.41, 5.74) is 4.28. The topological polar surface area (TPSA) is 83.6 Å². The second kappa shape index (κ2) is 6.20. The Kier molecular flexibility index (Phi) is 4.24. The number of amides is 2. The zero-order valence-electron chi connectivity index (χ0n) is 13.2. The average molecular weight is 330 g/mol. The van der Waals surface area contributed by atoms with Gasteiger partial charge in [-0.2, -0.15) is 0 Å². The van der Waals surface area contributed by atoms with Crippen LogP contribution in [-0.2, 0) is 4.79 Å². The van der Waals surface area contributed by atoms with Gasteiger partial charge in [-0.05, 0) is 30.4 Å². The minimum Gasteiger partial charge on any atom is -0.388 e. The highest BCUT2D eigenvalue weighted by Gasteiger charge is 2.37. The number of hydrogen-bond donors (Lipinski definition) is 2. The van der Waals surface area contributed by atoms with E-state index in [0.717, 1.165) is 0 Å². The Morgan fingerprint density at radius 1 is 1.21 bits per heavy atom. The molecular weight excluding hydrogens is 311 g/mol. The van der Waals surface area contributed by atoms with Gasteiger partial charge in [0.05, 0.1) is 18.6 Å². The van der Waals surface area contributed by atoms with Gasteiger partial charge in [0.1, 0.15) is 5.82 Å². The van der Waals surface area contributed by atoms with Gasteiger partial charge in [0.15, 0.2) is 0 Å². The molecule has 0 aromatic heterocycles. The van der Waals surface area contributed by atoms with Crippen LogP contribution in [0.5, 0.6) is 0 Å². The molecule has 1 fully saturated rings. The number of nitrogens with two attached hydrogens (primary N) is 1. The van der Waals surface area contributed by atoms with Gasteiger partial charge in [0, 0.05) is 17.5 Å². The molecule has 3 rings (SSSR count). The van der Waals surface area contributed by atoms with Crippen molar-refractivity contribution < 1.29 is 19.1 Å². The number of hydrogen-bond acceptors (Lipinski definition) is 3. The number of rotatable bonds is 3. The molecule has 0 aliphatic carbocycles. The Bertz CT molecular complexity index is 808. The lowest BCUT2D eigenvalue weighted by Gasteiger charge is -2.38. The van der Waals surface area contributed by atoms with E-state index in [1.807, 2.05) is 0 Å². The lowest BCUT2D eigenvalue weighted by molar-refractivity contribution is -0.125. The average Bonchev–Trinajstić information content (AvgIpc) is 2.54. The molecule has 126 valence electrons. The largest absolute Gasteiger partial charge is 0.388 e. The Morgan fingerprint density at radius 2 is 1.92 bits per heavy atom. The van der Waals surface area contributed by atoms with Crippen molar-refractivity contribution in [3.05, 3.63) is 47.8 Å². The fourth-order valence-corrected chi connectivity index (χ4v) is 3.37. The van der Waals surface area contributed by atoms with Gasteiger partial charge in [-0.3, -0.25) is 9.59 Å². The highest BCUT2D eigenvalue weighted by molar-refractivity contribution is 6.07. The summed E-state index contributed by atoms with van der Waals surface area (Å²) in [5, 5.41) is 11.4. The van der Waals surface area contributed by atoms with Crippen LogP contribution >= 0.6 is 0 Å². The maximum Gasteiger partial charge on any atom is 0.254 e.